The summed E-state index contributed by atoms with van der Waals surface area (Å²) < 4.78 is 9.79. The van der Waals surface area contributed by atoms with Crippen LogP contribution in [0.3, 0.4) is 0 Å². The number of carboxylic acids is 1. The van der Waals surface area contributed by atoms with E-state index in [1.165, 1.54) is 26.5 Å². The average molecular weight is 183 g/mol. The Bertz CT molecular complexity index is 324. The van der Waals surface area contributed by atoms with Gasteiger partial charge < -0.3 is 14.6 Å². The molecule has 0 unspecified atom stereocenters. The number of carbonyl (C=O) groups is 1. The Labute approximate surface area is 74.9 Å². The Hall–Kier alpha value is -1.78. The van der Waals surface area contributed by atoms with Crippen LogP contribution in [0.2, 0.25) is 0 Å². The highest BCUT2D eigenvalue weighted by molar-refractivity contribution is 5.86. The summed E-state index contributed by atoms with van der Waals surface area (Å²) in [5.41, 5.74) is -0.0716. The Kier molecular flexibility index (Phi) is 2.69. The fourth-order valence-electron chi connectivity index (χ4n) is 0.854. The smallest absolute Gasteiger partial charge is 0.354 e. The van der Waals surface area contributed by atoms with Crippen molar-refractivity contribution in [2.75, 3.05) is 14.2 Å². The molecular weight excluding hydrogens is 174 g/mol. The summed E-state index contributed by atoms with van der Waals surface area (Å²) in [5, 5.41) is 8.61. The largest absolute Gasteiger partial charge is 0.493 e. The van der Waals surface area contributed by atoms with Crippen LogP contribution in [0, 0.1) is 0 Å². The number of aromatic nitrogens is 1. The normalized spacial score (nSPS) is 9.38. The molecule has 0 aliphatic heterocycles. The summed E-state index contributed by atoms with van der Waals surface area (Å²) >= 11 is 0. The zero-order valence-electron chi connectivity index (χ0n) is 7.27. The molecule has 0 bridgehead atoms. The van der Waals surface area contributed by atoms with Crippen LogP contribution in [0.25, 0.3) is 0 Å². The minimum atomic E-state index is -1.10. The summed E-state index contributed by atoms with van der Waals surface area (Å²) in [6, 6.07) is 1.31. The van der Waals surface area contributed by atoms with Crippen LogP contribution in [0.1, 0.15) is 10.5 Å². The van der Waals surface area contributed by atoms with Gasteiger partial charge in [-0.1, -0.05) is 0 Å². The number of rotatable bonds is 3. The molecule has 13 heavy (non-hydrogen) atoms. The standard InChI is InChI=1S/C8H9NO4/c1-12-6-3-5(8(10)11)9-4-7(6)13-2/h3-4H,1-2H3,(H,10,11). The Morgan fingerprint density at radius 3 is 2.46 bits per heavy atom. The highest BCUT2D eigenvalue weighted by atomic mass is 16.5. The third-order valence-electron chi connectivity index (χ3n) is 1.49. The first kappa shape index (κ1) is 9.31. The van der Waals surface area contributed by atoms with E-state index in [0.717, 1.165) is 0 Å². The van der Waals surface area contributed by atoms with Crippen molar-refractivity contribution in [3.63, 3.8) is 0 Å². The van der Waals surface area contributed by atoms with Crippen LogP contribution in [-0.4, -0.2) is 30.3 Å². The molecule has 0 spiro atoms. The second kappa shape index (κ2) is 3.75. The van der Waals surface area contributed by atoms with Gasteiger partial charge in [0.2, 0.25) is 0 Å². The van der Waals surface area contributed by atoms with Crippen LogP contribution in [-0.2, 0) is 0 Å². The van der Waals surface area contributed by atoms with Gasteiger partial charge in [-0.2, -0.15) is 0 Å². The lowest BCUT2D eigenvalue weighted by Gasteiger charge is -2.06. The summed E-state index contributed by atoms with van der Waals surface area (Å²) in [6.45, 7) is 0. The van der Waals surface area contributed by atoms with Crippen molar-refractivity contribution in [2.24, 2.45) is 0 Å². The predicted molar refractivity (Wildman–Crippen MR) is 44.3 cm³/mol. The van der Waals surface area contributed by atoms with E-state index in [2.05, 4.69) is 4.98 Å². The third kappa shape index (κ3) is 1.87. The molecule has 0 saturated heterocycles. The first-order valence-electron chi connectivity index (χ1n) is 3.50. The maximum atomic E-state index is 10.5. The van der Waals surface area contributed by atoms with Crippen LogP contribution in [0.5, 0.6) is 11.5 Å². The molecule has 1 N–H and O–H groups in total. The van der Waals surface area contributed by atoms with Gasteiger partial charge in [-0.05, 0) is 0 Å². The van der Waals surface area contributed by atoms with Crippen molar-refractivity contribution in [1.29, 1.82) is 0 Å². The molecule has 0 radical (unpaired) electrons. The van der Waals surface area contributed by atoms with E-state index in [1.807, 2.05) is 0 Å². The van der Waals surface area contributed by atoms with Crippen LogP contribution >= 0.6 is 0 Å². The average Bonchev–Trinajstić information content (AvgIpc) is 2.16. The number of carboxylic acid groups (broad SMARTS) is 1. The van der Waals surface area contributed by atoms with Gasteiger partial charge in [0.15, 0.2) is 17.2 Å². The highest BCUT2D eigenvalue weighted by Gasteiger charge is 2.10. The van der Waals surface area contributed by atoms with Gasteiger partial charge in [0.05, 0.1) is 20.4 Å². The maximum absolute atomic E-state index is 10.5. The monoisotopic (exact) mass is 183 g/mol. The zero-order chi connectivity index (χ0) is 9.84. The summed E-state index contributed by atoms with van der Waals surface area (Å²) in [6.07, 6.45) is 1.31. The molecule has 1 heterocycles. The zero-order valence-corrected chi connectivity index (χ0v) is 7.27. The van der Waals surface area contributed by atoms with Crippen molar-refractivity contribution >= 4 is 5.97 Å². The van der Waals surface area contributed by atoms with Crippen molar-refractivity contribution in [1.82, 2.24) is 4.98 Å². The lowest BCUT2D eigenvalue weighted by atomic mass is 10.3. The first-order valence-corrected chi connectivity index (χ1v) is 3.50. The fourth-order valence-corrected chi connectivity index (χ4v) is 0.854. The minimum Gasteiger partial charge on any atom is -0.493 e. The number of hydrogen-bond acceptors (Lipinski definition) is 4. The van der Waals surface area contributed by atoms with Crippen LogP contribution in [0.4, 0.5) is 0 Å². The van der Waals surface area contributed by atoms with E-state index >= 15 is 0 Å². The van der Waals surface area contributed by atoms with Gasteiger partial charge in [0.25, 0.3) is 0 Å². The number of methoxy groups -OCH3 is 2. The van der Waals surface area contributed by atoms with Crippen molar-refractivity contribution in [3.05, 3.63) is 18.0 Å². The molecule has 0 fully saturated rings. The second-order valence-electron chi connectivity index (χ2n) is 2.23. The van der Waals surface area contributed by atoms with Crippen molar-refractivity contribution < 1.29 is 19.4 Å². The van der Waals surface area contributed by atoms with Crippen molar-refractivity contribution in [3.8, 4) is 11.5 Å². The molecule has 1 aromatic heterocycles. The van der Waals surface area contributed by atoms with Gasteiger partial charge in [-0.3, -0.25) is 0 Å². The van der Waals surface area contributed by atoms with E-state index in [0.29, 0.717) is 11.5 Å². The van der Waals surface area contributed by atoms with Crippen LogP contribution in [0.15, 0.2) is 12.3 Å². The number of hydrogen-bond donors (Lipinski definition) is 1. The lowest BCUT2D eigenvalue weighted by Crippen LogP contribution is -2.01. The molecule has 0 aliphatic rings. The summed E-state index contributed by atoms with van der Waals surface area (Å²) in [5.74, 6) is -0.330. The lowest BCUT2D eigenvalue weighted by molar-refractivity contribution is 0.0690. The fraction of sp³-hybridized carbons (Fsp3) is 0.250. The highest BCUT2D eigenvalue weighted by Crippen LogP contribution is 2.25. The van der Waals surface area contributed by atoms with Crippen LogP contribution < -0.4 is 9.47 Å². The molecule has 1 aromatic rings. The molecule has 0 atom stereocenters. The van der Waals surface area contributed by atoms with E-state index in [9.17, 15) is 4.79 Å². The Morgan fingerprint density at radius 2 is 2.00 bits per heavy atom. The number of aromatic carboxylic acids is 1. The van der Waals surface area contributed by atoms with Gasteiger partial charge in [-0.25, -0.2) is 9.78 Å². The molecule has 0 saturated carbocycles. The van der Waals surface area contributed by atoms with Gasteiger partial charge in [0, 0.05) is 6.07 Å². The molecule has 0 aliphatic carbocycles. The molecule has 5 heteroatoms. The molecular formula is C8H9NO4. The van der Waals surface area contributed by atoms with E-state index in [-0.39, 0.29) is 5.69 Å². The van der Waals surface area contributed by atoms with Gasteiger partial charge in [-0.15, -0.1) is 0 Å². The Balaban J connectivity index is 3.13. The first-order chi connectivity index (χ1) is 6.19. The molecule has 0 aromatic carbocycles. The predicted octanol–water partition coefficient (Wildman–Crippen LogP) is 0.797. The minimum absolute atomic E-state index is 0.0716. The molecule has 0 amide bonds. The van der Waals surface area contributed by atoms with Gasteiger partial charge in [0.1, 0.15) is 0 Å². The van der Waals surface area contributed by atoms with Gasteiger partial charge >= 0.3 is 5.97 Å². The number of nitrogens with zero attached hydrogens (tertiary/aromatic N) is 1. The third-order valence-corrected chi connectivity index (χ3v) is 1.49. The van der Waals surface area contributed by atoms with E-state index in [1.54, 1.807) is 0 Å². The molecule has 1 rings (SSSR count). The van der Waals surface area contributed by atoms with E-state index < -0.39 is 5.97 Å². The second-order valence-corrected chi connectivity index (χ2v) is 2.23. The van der Waals surface area contributed by atoms with E-state index in [4.69, 9.17) is 14.6 Å². The maximum Gasteiger partial charge on any atom is 0.354 e. The number of pyridine rings is 1. The quantitative estimate of drug-likeness (QED) is 0.750. The molecule has 70 valence electrons. The summed E-state index contributed by atoms with van der Waals surface area (Å²) in [7, 11) is 2.89. The summed E-state index contributed by atoms with van der Waals surface area (Å²) in [4.78, 5) is 14.2. The molecule has 5 nitrogen and oxygen atoms in total. The Morgan fingerprint density at radius 1 is 1.38 bits per heavy atom. The number of ether oxygens (including phenoxy) is 2. The van der Waals surface area contributed by atoms with Crippen molar-refractivity contribution in [2.45, 2.75) is 0 Å². The SMILES string of the molecule is COc1cnc(C(=O)O)cc1OC. The topological polar surface area (TPSA) is 68.7 Å².